The summed E-state index contributed by atoms with van der Waals surface area (Å²) < 4.78 is 5.81. The van der Waals surface area contributed by atoms with Crippen molar-refractivity contribution in [2.24, 2.45) is 0 Å². The summed E-state index contributed by atoms with van der Waals surface area (Å²) in [4.78, 5) is 12.3. The molecule has 0 saturated carbocycles. The van der Waals surface area contributed by atoms with Gasteiger partial charge in [0.1, 0.15) is 5.75 Å². The third-order valence-electron chi connectivity index (χ3n) is 3.86. The summed E-state index contributed by atoms with van der Waals surface area (Å²) in [6.45, 7) is 4.50. The summed E-state index contributed by atoms with van der Waals surface area (Å²) in [5.41, 5.74) is 2.22. The molecular weight excluding hydrogens is 322 g/mol. The van der Waals surface area contributed by atoms with Crippen LogP contribution in [0.4, 0.5) is 0 Å². The van der Waals surface area contributed by atoms with Gasteiger partial charge in [-0.15, -0.1) is 0 Å². The molecule has 0 aliphatic rings. The summed E-state index contributed by atoms with van der Waals surface area (Å²) >= 11 is 6.01. The molecule has 0 radical (unpaired) electrons. The highest BCUT2D eigenvalue weighted by Gasteiger charge is 2.18. The number of nitrogens with one attached hydrogen (secondary N) is 1. The largest absolute Gasteiger partial charge is 0.481 e. The molecule has 1 atom stereocenters. The van der Waals surface area contributed by atoms with Gasteiger partial charge < -0.3 is 10.1 Å². The normalized spacial score (nSPS) is 11.8. The quantitative estimate of drug-likeness (QED) is 0.712. The maximum atomic E-state index is 12.3. The molecule has 0 unspecified atom stereocenters. The van der Waals surface area contributed by atoms with E-state index in [1.165, 1.54) is 5.56 Å². The minimum atomic E-state index is -0.484. The lowest BCUT2D eigenvalue weighted by atomic mass is 10.1. The van der Waals surface area contributed by atoms with Gasteiger partial charge in [-0.05, 0) is 55.5 Å². The molecule has 1 amide bonds. The Morgan fingerprint density at radius 3 is 2.62 bits per heavy atom. The predicted octanol–water partition coefficient (Wildman–Crippen LogP) is 4.55. The van der Waals surface area contributed by atoms with Crippen molar-refractivity contribution in [1.29, 1.82) is 0 Å². The Morgan fingerprint density at radius 2 is 1.96 bits per heavy atom. The van der Waals surface area contributed by atoms with Crippen LogP contribution in [0, 0.1) is 6.92 Å². The van der Waals surface area contributed by atoms with Crippen molar-refractivity contribution in [3.8, 4) is 5.75 Å². The van der Waals surface area contributed by atoms with Crippen LogP contribution in [0.15, 0.2) is 48.5 Å². The summed E-state index contributed by atoms with van der Waals surface area (Å²) in [6.07, 6.45) is 2.00. The zero-order chi connectivity index (χ0) is 17.4. The minimum Gasteiger partial charge on any atom is -0.481 e. The Bertz CT molecular complexity index is 658. The minimum absolute atomic E-state index is 0.0711. The van der Waals surface area contributed by atoms with Gasteiger partial charge in [0, 0.05) is 11.6 Å². The Kier molecular flexibility index (Phi) is 7.13. The topological polar surface area (TPSA) is 38.3 Å². The predicted molar refractivity (Wildman–Crippen MR) is 98.7 cm³/mol. The molecule has 0 aliphatic carbocycles. The maximum Gasteiger partial charge on any atom is 0.261 e. The molecule has 0 aromatic heterocycles. The molecule has 0 bridgehead atoms. The van der Waals surface area contributed by atoms with E-state index < -0.39 is 6.10 Å². The SMILES string of the molecule is CC[C@H](Oc1ccc(Cl)c(C)c1)C(=O)NCCCc1ccccc1. The lowest BCUT2D eigenvalue weighted by Gasteiger charge is -2.18. The number of halogens is 1. The van der Waals surface area contributed by atoms with Gasteiger partial charge in [0.25, 0.3) is 5.91 Å². The average Bonchev–Trinajstić information content (AvgIpc) is 2.60. The molecule has 24 heavy (non-hydrogen) atoms. The van der Waals surface area contributed by atoms with Gasteiger partial charge in [-0.2, -0.15) is 0 Å². The van der Waals surface area contributed by atoms with Crippen molar-refractivity contribution in [3.63, 3.8) is 0 Å². The second-order valence-corrected chi connectivity index (χ2v) is 6.21. The number of carbonyl (C=O) groups is 1. The molecule has 3 nitrogen and oxygen atoms in total. The van der Waals surface area contributed by atoms with Crippen LogP contribution in [0.5, 0.6) is 5.75 Å². The first-order chi connectivity index (χ1) is 11.6. The standard InChI is InChI=1S/C20H24ClNO2/c1-3-19(24-17-11-12-18(21)15(2)14-17)20(23)22-13-7-10-16-8-5-4-6-9-16/h4-6,8-9,11-12,14,19H,3,7,10,13H2,1-2H3,(H,22,23)/t19-/m0/s1. The van der Waals surface area contributed by atoms with Crippen LogP contribution < -0.4 is 10.1 Å². The fraction of sp³-hybridized carbons (Fsp3) is 0.350. The summed E-state index contributed by atoms with van der Waals surface area (Å²) in [6, 6.07) is 15.7. The van der Waals surface area contributed by atoms with Gasteiger partial charge in [0.15, 0.2) is 6.10 Å². The van der Waals surface area contributed by atoms with Gasteiger partial charge in [0.05, 0.1) is 0 Å². The van der Waals surface area contributed by atoms with E-state index in [4.69, 9.17) is 16.3 Å². The first-order valence-corrected chi connectivity index (χ1v) is 8.72. The van der Waals surface area contributed by atoms with Crippen LogP contribution in [0.25, 0.3) is 0 Å². The van der Waals surface area contributed by atoms with E-state index in [1.807, 2.05) is 38.1 Å². The van der Waals surface area contributed by atoms with Gasteiger partial charge in [-0.25, -0.2) is 0 Å². The fourth-order valence-corrected chi connectivity index (χ4v) is 2.56. The van der Waals surface area contributed by atoms with Crippen molar-refractivity contribution < 1.29 is 9.53 Å². The van der Waals surface area contributed by atoms with E-state index in [9.17, 15) is 4.79 Å². The molecule has 0 heterocycles. The number of benzene rings is 2. The van der Waals surface area contributed by atoms with Crippen molar-refractivity contribution in [3.05, 3.63) is 64.7 Å². The van der Waals surface area contributed by atoms with Gasteiger partial charge >= 0.3 is 0 Å². The Morgan fingerprint density at radius 1 is 1.21 bits per heavy atom. The molecule has 4 heteroatoms. The molecule has 2 rings (SSSR count). The zero-order valence-electron chi connectivity index (χ0n) is 14.2. The van der Waals surface area contributed by atoms with E-state index >= 15 is 0 Å². The lowest BCUT2D eigenvalue weighted by molar-refractivity contribution is -0.128. The van der Waals surface area contributed by atoms with Gasteiger partial charge in [-0.1, -0.05) is 48.9 Å². The van der Waals surface area contributed by atoms with Crippen LogP contribution in [0.3, 0.4) is 0 Å². The van der Waals surface area contributed by atoms with Gasteiger partial charge in [-0.3, -0.25) is 4.79 Å². The van der Waals surface area contributed by atoms with Crippen LogP contribution in [0.1, 0.15) is 30.9 Å². The fourth-order valence-electron chi connectivity index (χ4n) is 2.44. The first kappa shape index (κ1) is 18.3. The molecule has 2 aromatic carbocycles. The highest BCUT2D eigenvalue weighted by Crippen LogP contribution is 2.22. The Balaban J connectivity index is 1.79. The van der Waals surface area contributed by atoms with Crippen LogP contribution in [0.2, 0.25) is 5.02 Å². The highest BCUT2D eigenvalue weighted by atomic mass is 35.5. The van der Waals surface area contributed by atoms with E-state index in [-0.39, 0.29) is 5.91 Å². The Hall–Kier alpha value is -2.00. The number of rotatable bonds is 8. The molecule has 0 saturated heterocycles. The van der Waals surface area contributed by atoms with E-state index in [1.54, 1.807) is 12.1 Å². The number of aryl methyl sites for hydroxylation is 2. The number of ether oxygens (including phenoxy) is 1. The number of amides is 1. The molecule has 0 aliphatic heterocycles. The third-order valence-corrected chi connectivity index (χ3v) is 4.28. The maximum absolute atomic E-state index is 12.3. The van der Waals surface area contributed by atoms with Crippen LogP contribution >= 0.6 is 11.6 Å². The lowest BCUT2D eigenvalue weighted by Crippen LogP contribution is -2.38. The molecule has 1 N–H and O–H groups in total. The molecule has 0 fully saturated rings. The molecular formula is C20H24ClNO2. The molecule has 2 aromatic rings. The summed E-state index contributed by atoms with van der Waals surface area (Å²) in [7, 11) is 0. The Labute approximate surface area is 149 Å². The monoisotopic (exact) mass is 345 g/mol. The van der Waals surface area contributed by atoms with Crippen LogP contribution in [-0.2, 0) is 11.2 Å². The number of hydrogen-bond donors (Lipinski definition) is 1. The van der Waals surface area contributed by atoms with E-state index in [0.29, 0.717) is 23.7 Å². The third kappa shape index (κ3) is 5.57. The van der Waals surface area contributed by atoms with E-state index in [0.717, 1.165) is 18.4 Å². The number of carbonyl (C=O) groups excluding carboxylic acids is 1. The molecule has 0 spiro atoms. The van der Waals surface area contributed by atoms with Crippen LogP contribution in [-0.4, -0.2) is 18.6 Å². The van der Waals surface area contributed by atoms with Crippen molar-refractivity contribution >= 4 is 17.5 Å². The average molecular weight is 346 g/mol. The first-order valence-electron chi connectivity index (χ1n) is 8.34. The smallest absolute Gasteiger partial charge is 0.261 e. The second kappa shape index (κ2) is 9.33. The zero-order valence-corrected chi connectivity index (χ0v) is 15.0. The van der Waals surface area contributed by atoms with Crippen molar-refractivity contribution in [1.82, 2.24) is 5.32 Å². The van der Waals surface area contributed by atoms with Crippen molar-refractivity contribution in [2.45, 2.75) is 39.2 Å². The number of hydrogen-bond acceptors (Lipinski definition) is 2. The van der Waals surface area contributed by atoms with Gasteiger partial charge in [0.2, 0.25) is 0 Å². The summed E-state index contributed by atoms with van der Waals surface area (Å²) in [5.74, 6) is 0.598. The second-order valence-electron chi connectivity index (χ2n) is 5.81. The highest BCUT2D eigenvalue weighted by molar-refractivity contribution is 6.31. The van der Waals surface area contributed by atoms with E-state index in [2.05, 4.69) is 17.4 Å². The summed E-state index contributed by atoms with van der Waals surface area (Å²) in [5, 5.41) is 3.66. The van der Waals surface area contributed by atoms with Crippen molar-refractivity contribution in [2.75, 3.05) is 6.54 Å². The molecule has 128 valence electrons.